The van der Waals surface area contributed by atoms with Gasteiger partial charge in [0.05, 0.1) is 18.2 Å². The number of ether oxygens (including phenoxy) is 1. The summed E-state index contributed by atoms with van der Waals surface area (Å²) in [6.45, 7) is 3.63. The first kappa shape index (κ1) is 17.0. The van der Waals surface area contributed by atoms with Crippen LogP contribution in [-0.4, -0.2) is 49.6 Å². The van der Waals surface area contributed by atoms with E-state index in [-0.39, 0.29) is 11.9 Å². The second kappa shape index (κ2) is 7.46. The van der Waals surface area contributed by atoms with Crippen molar-refractivity contribution >= 4 is 28.9 Å². The molecule has 0 bridgehead atoms. The maximum atomic E-state index is 12.7. The molecule has 5 nitrogen and oxygen atoms in total. The minimum atomic E-state index is 0.0170. The van der Waals surface area contributed by atoms with Gasteiger partial charge in [-0.25, -0.2) is 0 Å². The van der Waals surface area contributed by atoms with Crippen molar-refractivity contribution in [2.75, 3.05) is 43.0 Å². The van der Waals surface area contributed by atoms with E-state index in [0.29, 0.717) is 13.0 Å². The third-order valence-corrected chi connectivity index (χ3v) is 5.15. The Bertz CT molecular complexity index is 790. The molecule has 2 aliphatic heterocycles. The van der Waals surface area contributed by atoms with Crippen molar-refractivity contribution in [1.82, 2.24) is 4.90 Å². The lowest BCUT2D eigenvalue weighted by Crippen LogP contribution is -2.50. The summed E-state index contributed by atoms with van der Waals surface area (Å²) < 4.78 is 5.76. The molecule has 2 aromatic carbocycles. The van der Waals surface area contributed by atoms with Crippen molar-refractivity contribution < 1.29 is 9.53 Å². The van der Waals surface area contributed by atoms with Crippen molar-refractivity contribution in [3.63, 3.8) is 0 Å². The van der Waals surface area contributed by atoms with Crippen LogP contribution in [0.5, 0.6) is 5.75 Å². The third-order valence-electron chi connectivity index (χ3n) is 4.91. The SMILES string of the molecule is O=C(CC1COc2ccccc2N1)N1CCN(c2cccc(Cl)c2)CC1. The molecule has 0 saturated carbocycles. The molecule has 0 spiro atoms. The van der Waals surface area contributed by atoms with Gasteiger partial charge in [0.15, 0.2) is 0 Å². The standard InChI is InChI=1S/C20H22ClN3O2/c21-15-4-3-5-17(12-15)23-8-10-24(11-9-23)20(25)13-16-14-26-19-7-2-1-6-18(19)22-16/h1-7,12,16,22H,8-11,13-14H2. The molecule has 2 aliphatic rings. The van der Waals surface area contributed by atoms with Crippen LogP contribution in [-0.2, 0) is 4.79 Å². The van der Waals surface area contributed by atoms with E-state index in [9.17, 15) is 4.79 Å². The van der Waals surface area contributed by atoms with Crippen molar-refractivity contribution in [2.45, 2.75) is 12.5 Å². The topological polar surface area (TPSA) is 44.8 Å². The van der Waals surface area contributed by atoms with Crippen LogP contribution in [0.3, 0.4) is 0 Å². The van der Waals surface area contributed by atoms with E-state index in [1.807, 2.05) is 47.4 Å². The molecule has 2 aromatic rings. The van der Waals surface area contributed by atoms with Gasteiger partial charge in [-0.3, -0.25) is 4.79 Å². The van der Waals surface area contributed by atoms with Crippen LogP contribution in [0.2, 0.25) is 5.02 Å². The summed E-state index contributed by atoms with van der Waals surface area (Å²) in [5, 5.41) is 4.15. The Kier molecular flexibility index (Phi) is 4.89. The first-order valence-electron chi connectivity index (χ1n) is 8.96. The number of nitrogens with one attached hydrogen (secondary N) is 1. The second-order valence-corrected chi connectivity index (χ2v) is 7.14. The van der Waals surface area contributed by atoms with Gasteiger partial charge in [-0.2, -0.15) is 0 Å². The molecular weight excluding hydrogens is 350 g/mol. The number of carbonyl (C=O) groups excluding carboxylic acids is 1. The maximum absolute atomic E-state index is 12.7. The molecule has 1 atom stereocenters. The number of benzene rings is 2. The van der Waals surface area contributed by atoms with Gasteiger partial charge >= 0.3 is 0 Å². The Hall–Kier alpha value is -2.40. The molecule has 0 aromatic heterocycles. The molecule has 1 fully saturated rings. The van der Waals surface area contributed by atoms with E-state index in [0.717, 1.165) is 48.3 Å². The highest BCUT2D eigenvalue weighted by atomic mass is 35.5. The Labute approximate surface area is 158 Å². The monoisotopic (exact) mass is 371 g/mol. The fraction of sp³-hybridized carbons (Fsp3) is 0.350. The molecular formula is C20H22ClN3O2. The number of nitrogens with zero attached hydrogens (tertiary/aromatic N) is 2. The molecule has 0 aliphatic carbocycles. The third kappa shape index (κ3) is 3.73. The smallest absolute Gasteiger partial charge is 0.224 e. The lowest BCUT2D eigenvalue weighted by Gasteiger charge is -2.37. The molecule has 1 N–H and O–H groups in total. The zero-order chi connectivity index (χ0) is 17.9. The highest BCUT2D eigenvalue weighted by Crippen LogP contribution is 2.29. The first-order chi connectivity index (χ1) is 12.7. The molecule has 1 unspecified atom stereocenters. The Morgan fingerprint density at radius 2 is 1.92 bits per heavy atom. The largest absolute Gasteiger partial charge is 0.489 e. The molecule has 1 saturated heterocycles. The lowest BCUT2D eigenvalue weighted by atomic mass is 10.1. The van der Waals surface area contributed by atoms with E-state index >= 15 is 0 Å². The van der Waals surface area contributed by atoms with Crippen LogP contribution in [0.25, 0.3) is 0 Å². The summed E-state index contributed by atoms with van der Waals surface area (Å²) in [7, 11) is 0. The number of carbonyl (C=O) groups is 1. The van der Waals surface area contributed by atoms with Crippen molar-refractivity contribution in [1.29, 1.82) is 0 Å². The highest BCUT2D eigenvalue weighted by Gasteiger charge is 2.26. The number of halogens is 1. The van der Waals surface area contributed by atoms with Gasteiger partial charge in [-0.05, 0) is 30.3 Å². The molecule has 6 heteroatoms. The molecule has 0 radical (unpaired) electrons. The van der Waals surface area contributed by atoms with E-state index in [2.05, 4.69) is 16.3 Å². The highest BCUT2D eigenvalue weighted by molar-refractivity contribution is 6.30. The van der Waals surface area contributed by atoms with Gasteiger partial charge in [0.1, 0.15) is 12.4 Å². The summed E-state index contributed by atoms with van der Waals surface area (Å²) >= 11 is 6.08. The van der Waals surface area contributed by atoms with Gasteiger partial charge in [-0.1, -0.05) is 29.8 Å². The number of amides is 1. The number of rotatable bonds is 3. The predicted octanol–water partition coefficient (Wildman–Crippen LogP) is 3.25. The average Bonchev–Trinajstić information content (AvgIpc) is 2.68. The van der Waals surface area contributed by atoms with Gasteiger partial charge in [0, 0.05) is 36.9 Å². The van der Waals surface area contributed by atoms with E-state index in [1.165, 1.54) is 0 Å². The predicted molar refractivity (Wildman–Crippen MR) is 104 cm³/mol. The number of para-hydroxylation sites is 2. The fourth-order valence-corrected chi connectivity index (χ4v) is 3.68. The minimum absolute atomic E-state index is 0.0170. The number of anilines is 2. The molecule has 136 valence electrons. The zero-order valence-corrected chi connectivity index (χ0v) is 15.3. The minimum Gasteiger partial charge on any atom is -0.489 e. The fourth-order valence-electron chi connectivity index (χ4n) is 3.50. The molecule has 26 heavy (non-hydrogen) atoms. The Morgan fingerprint density at radius 3 is 2.73 bits per heavy atom. The number of hydrogen-bond acceptors (Lipinski definition) is 4. The van der Waals surface area contributed by atoms with Crippen molar-refractivity contribution in [3.8, 4) is 5.75 Å². The van der Waals surface area contributed by atoms with Gasteiger partial charge < -0.3 is 19.9 Å². The van der Waals surface area contributed by atoms with E-state index in [4.69, 9.17) is 16.3 Å². The van der Waals surface area contributed by atoms with Crippen LogP contribution >= 0.6 is 11.6 Å². The summed E-state index contributed by atoms with van der Waals surface area (Å²) in [5.41, 5.74) is 2.07. The summed E-state index contributed by atoms with van der Waals surface area (Å²) in [5.74, 6) is 1.03. The van der Waals surface area contributed by atoms with Crippen LogP contribution in [0.4, 0.5) is 11.4 Å². The van der Waals surface area contributed by atoms with Crippen LogP contribution < -0.4 is 15.0 Å². The van der Waals surface area contributed by atoms with Gasteiger partial charge in [-0.15, -0.1) is 0 Å². The normalized spacial score (nSPS) is 19.3. The van der Waals surface area contributed by atoms with Crippen LogP contribution in [0, 0.1) is 0 Å². The van der Waals surface area contributed by atoms with Crippen molar-refractivity contribution in [2.24, 2.45) is 0 Å². The van der Waals surface area contributed by atoms with Crippen LogP contribution in [0.1, 0.15) is 6.42 Å². The summed E-state index contributed by atoms with van der Waals surface area (Å²) in [6.07, 6.45) is 0.450. The number of hydrogen-bond donors (Lipinski definition) is 1. The van der Waals surface area contributed by atoms with Gasteiger partial charge in [0.25, 0.3) is 0 Å². The Balaban J connectivity index is 1.30. The van der Waals surface area contributed by atoms with Crippen molar-refractivity contribution in [3.05, 3.63) is 53.6 Å². The lowest BCUT2D eigenvalue weighted by molar-refractivity contribution is -0.131. The number of fused-ring (bicyclic) bond motifs is 1. The quantitative estimate of drug-likeness (QED) is 0.899. The molecule has 4 rings (SSSR count). The molecule has 1 amide bonds. The molecule has 2 heterocycles. The zero-order valence-electron chi connectivity index (χ0n) is 14.5. The second-order valence-electron chi connectivity index (χ2n) is 6.70. The summed E-state index contributed by atoms with van der Waals surface area (Å²) in [6, 6.07) is 15.7. The average molecular weight is 372 g/mol. The van der Waals surface area contributed by atoms with E-state index in [1.54, 1.807) is 0 Å². The summed E-state index contributed by atoms with van der Waals surface area (Å²) in [4.78, 5) is 16.9. The first-order valence-corrected chi connectivity index (χ1v) is 9.33. The number of piperazine rings is 1. The van der Waals surface area contributed by atoms with E-state index < -0.39 is 0 Å². The van der Waals surface area contributed by atoms with Crippen LogP contribution in [0.15, 0.2) is 48.5 Å². The maximum Gasteiger partial charge on any atom is 0.224 e. The Morgan fingerprint density at radius 1 is 1.12 bits per heavy atom. The van der Waals surface area contributed by atoms with Gasteiger partial charge in [0.2, 0.25) is 5.91 Å².